The van der Waals surface area contributed by atoms with Gasteiger partial charge in [-0.05, 0) is 28.6 Å². The number of benzene rings is 2. The molecule has 4 aromatic rings. The number of pyridine rings is 2. The van der Waals surface area contributed by atoms with E-state index in [1.165, 1.54) is 38.4 Å². The van der Waals surface area contributed by atoms with Gasteiger partial charge >= 0.3 is 0 Å². The Morgan fingerprint density at radius 3 is 2.45 bits per heavy atom. The molecule has 0 aliphatic heterocycles. The summed E-state index contributed by atoms with van der Waals surface area (Å²) in [5.74, 6) is 0. The predicted molar refractivity (Wildman–Crippen MR) is 114 cm³/mol. The summed E-state index contributed by atoms with van der Waals surface area (Å²) >= 11 is 0. The smallest absolute Gasteiger partial charge is 0.213 e. The van der Waals surface area contributed by atoms with E-state index in [2.05, 4.69) is 79.5 Å². The second-order valence-electron chi connectivity index (χ2n) is 8.37. The maximum atomic E-state index is 9.60. The molecule has 2 N–H and O–H groups in total. The van der Waals surface area contributed by atoms with Gasteiger partial charge in [0.05, 0.1) is 5.39 Å². The van der Waals surface area contributed by atoms with E-state index in [9.17, 15) is 10.2 Å². The summed E-state index contributed by atoms with van der Waals surface area (Å²) in [6.45, 7) is 6.03. The first-order chi connectivity index (χ1) is 14.1. The Morgan fingerprint density at radius 2 is 1.66 bits per heavy atom. The lowest BCUT2D eigenvalue weighted by atomic mass is 9.81. The van der Waals surface area contributed by atoms with Gasteiger partial charge in [-0.25, -0.2) is 4.57 Å². The number of hydrogen-bond acceptors (Lipinski definition) is 2. The molecule has 4 heteroatoms. The van der Waals surface area contributed by atoms with Gasteiger partial charge in [-0.3, -0.25) is 0 Å². The highest BCUT2D eigenvalue weighted by Gasteiger charge is 2.41. The fourth-order valence-electron chi connectivity index (χ4n) is 5.02. The number of fused-ring (bicyclic) bond motifs is 7. The lowest BCUT2D eigenvalue weighted by molar-refractivity contribution is -0.696. The third-order valence-corrected chi connectivity index (χ3v) is 6.32. The predicted octanol–water partition coefficient (Wildman–Crippen LogP) is 2.86. The molecule has 0 saturated carbocycles. The van der Waals surface area contributed by atoms with Gasteiger partial charge in [0.1, 0.15) is 13.2 Å². The summed E-state index contributed by atoms with van der Waals surface area (Å²) in [6, 6.07) is 15.1. The molecule has 2 aromatic carbocycles. The molecule has 146 valence electrons. The second-order valence-corrected chi connectivity index (χ2v) is 8.37. The summed E-state index contributed by atoms with van der Waals surface area (Å²) in [6.07, 6.45) is 6.41. The number of aromatic nitrogens is 2. The third kappa shape index (κ3) is 2.60. The van der Waals surface area contributed by atoms with Gasteiger partial charge in [-0.15, -0.1) is 0 Å². The van der Waals surface area contributed by atoms with Gasteiger partial charge in [-0.1, -0.05) is 32.0 Å². The van der Waals surface area contributed by atoms with Crippen molar-refractivity contribution in [3.63, 3.8) is 0 Å². The van der Waals surface area contributed by atoms with Crippen LogP contribution in [0.2, 0.25) is 0 Å². The number of hydrogen-bond donors (Lipinski definition) is 2. The van der Waals surface area contributed by atoms with Crippen LogP contribution in [0.3, 0.4) is 0 Å². The Balaban J connectivity index is 1.85. The molecular weight excluding hydrogens is 360 g/mol. The molecular formula is C25H26N2O2+2. The average Bonchev–Trinajstić information content (AvgIpc) is 2.96. The van der Waals surface area contributed by atoms with Crippen LogP contribution in [-0.4, -0.2) is 23.4 Å². The van der Waals surface area contributed by atoms with E-state index in [1.807, 2.05) is 4.57 Å². The van der Waals surface area contributed by atoms with E-state index in [1.54, 1.807) is 0 Å². The van der Waals surface area contributed by atoms with Crippen LogP contribution in [0, 0.1) is 0 Å². The Bertz CT molecular complexity index is 1260. The number of nitrogens with zero attached hydrogens (tertiary/aromatic N) is 2. The third-order valence-electron chi connectivity index (χ3n) is 6.32. The van der Waals surface area contributed by atoms with E-state index in [4.69, 9.17) is 0 Å². The highest BCUT2D eigenvalue weighted by molar-refractivity contribution is 6.04. The molecule has 0 saturated heterocycles. The van der Waals surface area contributed by atoms with Gasteiger partial charge in [-0.2, -0.15) is 4.57 Å². The molecule has 0 unspecified atom stereocenters. The molecule has 2 aromatic heterocycles. The molecule has 5 rings (SSSR count). The minimum Gasteiger partial charge on any atom is -0.390 e. The van der Waals surface area contributed by atoms with Crippen LogP contribution < -0.4 is 9.13 Å². The first kappa shape index (κ1) is 18.2. The zero-order chi connectivity index (χ0) is 20.2. The first-order valence-electron chi connectivity index (χ1n) is 10.2. The Labute approximate surface area is 170 Å². The topological polar surface area (TPSA) is 48.2 Å². The van der Waals surface area contributed by atoms with Crippen molar-refractivity contribution in [3.05, 3.63) is 72.2 Å². The van der Waals surface area contributed by atoms with Crippen molar-refractivity contribution < 1.29 is 19.3 Å². The summed E-state index contributed by atoms with van der Waals surface area (Å²) < 4.78 is 4.22. The largest absolute Gasteiger partial charge is 0.390 e. The highest BCUT2D eigenvalue weighted by Crippen LogP contribution is 2.52. The number of rotatable bonds is 4. The van der Waals surface area contributed by atoms with Crippen LogP contribution in [0.5, 0.6) is 0 Å². The Kier molecular flexibility index (Phi) is 4.16. The van der Waals surface area contributed by atoms with Crippen LogP contribution in [0.25, 0.3) is 32.8 Å². The van der Waals surface area contributed by atoms with E-state index < -0.39 is 0 Å². The highest BCUT2D eigenvalue weighted by atomic mass is 16.3. The molecule has 0 fully saturated rings. The lowest BCUT2D eigenvalue weighted by Gasteiger charge is -2.22. The van der Waals surface area contributed by atoms with Gasteiger partial charge in [0.25, 0.3) is 0 Å². The molecule has 0 spiro atoms. The van der Waals surface area contributed by atoms with E-state index >= 15 is 0 Å². The summed E-state index contributed by atoms with van der Waals surface area (Å²) in [7, 11) is 0. The number of aliphatic hydroxyl groups excluding tert-OH is 2. The molecule has 1 aliphatic carbocycles. The van der Waals surface area contributed by atoms with E-state index in [-0.39, 0.29) is 18.6 Å². The fourth-order valence-corrected chi connectivity index (χ4v) is 5.02. The van der Waals surface area contributed by atoms with Crippen LogP contribution in [0.4, 0.5) is 0 Å². The van der Waals surface area contributed by atoms with Crippen molar-refractivity contribution in [2.24, 2.45) is 0 Å². The maximum absolute atomic E-state index is 9.60. The lowest BCUT2D eigenvalue weighted by Crippen LogP contribution is -2.38. The van der Waals surface area contributed by atoms with E-state index in [0.717, 1.165) is 5.52 Å². The normalized spacial score (nSPS) is 14.3. The molecule has 2 heterocycles. The SMILES string of the molecule is CC1(C)c2c[n+](CCO)c3ccccc3c2-c2ccc3c[n+](CCO)ccc3c21. The van der Waals surface area contributed by atoms with Gasteiger partial charge in [0.15, 0.2) is 31.7 Å². The van der Waals surface area contributed by atoms with Gasteiger partial charge in [0.2, 0.25) is 5.52 Å². The molecule has 4 nitrogen and oxygen atoms in total. The van der Waals surface area contributed by atoms with Crippen LogP contribution in [0.1, 0.15) is 25.0 Å². The van der Waals surface area contributed by atoms with Crippen LogP contribution in [0.15, 0.2) is 61.1 Å². The summed E-state index contributed by atoms with van der Waals surface area (Å²) in [5.41, 5.74) is 6.27. The van der Waals surface area contributed by atoms with Crippen LogP contribution in [-0.2, 0) is 18.5 Å². The second kappa shape index (κ2) is 6.61. The maximum Gasteiger partial charge on any atom is 0.213 e. The van der Waals surface area contributed by atoms with Crippen molar-refractivity contribution in [1.82, 2.24) is 0 Å². The molecule has 0 bridgehead atoms. The quantitative estimate of drug-likeness (QED) is 0.530. The monoisotopic (exact) mass is 386 g/mol. The minimum absolute atomic E-state index is 0.120. The molecule has 0 amide bonds. The Hall–Kier alpha value is -2.82. The first-order valence-corrected chi connectivity index (χ1v) is 10.2. The zero-order valence-electron chi connectivity index (χ0n) is 16.9. The molecule has 1 aliphatic rings. The number of aliphatic hydroxyl groups is 2. The van der Waals surface area contributed by atoms with Crippen molar-refractivity contribution >= 4 is 21.7 Å². The van der Waals surface area contributed by atoms with Crippen molar-refractivity contribution in [3.8, 4) is 11.1 Å². The fraction of sp³-hybridized carbons (Fsp3) is 0.280. The molecule has 0 radical (unpaired) electrons. The number of para-hydroxylation sites is 1. The van der Waals surface area contributed by atoms with Crippen LogP contribution >= 0.6 is 0 Å². The Morgan fingerprint density at radius 1 is 0.862 bits per heavy atom. The minimum atomic E-state index is -0.144. The van der Waals surface area contributed by atoms with Gasteiger partial charge in [0, 0.05) is 34.1 Å². The standard InChI is InChI=1S/C25H26N2O2/c1-25(2)21-16-27(12-14-29)22-6-4-3-5-19(22)23(21)20-8-7-17-15-26(11-13-28)10-9-18(17)24(20)25/h3-10,15-16,28-29H,11-14H2,1-2H3/q+2. The molecule has 0 atom stereocenters. The van der Waals surface area contributed by atoms with Gasteiger partial charge < -0.3 is 10.2 Å². The zero-order valence-corrected chi connectivity index (χ0v) is 16.9. The van der Waals surface area contributed by atoms with Crippen molar-refractivity contribution in [2.45, 2.75) is 32.4 Å². The van der Waals surface area contributed by atoms with Crippen molar-refractivity contribution in [2.75, 3.05) is 13.2 Å². The summed E-state index contributed by atoms with van der Waals surface area (Å²) in [5, 5.41) is 22.6. The summed E-state index contributed by atoms with van der Waals surface area (Å²) in [4.78, 5) is 0. The van der Waals surface area contributed by atoms with E-state index in [0.29, 0.717) is 13.1 Å². The average molecular weight is 386 g/mol. The van der Waals surface area contributed by atoms with Crippen molar-refractivity contribution in [1.29, 1.82) is 0 Å². The molecule has 29 heavy (non-hydrogen) atoms.